The second-order valence-electron chi connectivity index (χ2n) is 37.6. The molecule has 6 heteroatoms. The largest absolute Gasteiger partial charge is 0.456 e. The van der Waals surface area contributed by atoms with E-state index in [1.807, 2.05) is 35.6 Å². The van der Waals surface area contributed by atoms with Crippen molar-refractivity contribution in [2.75, 3.05) is 14.7 Å². The predicted molar refractivity (Wildman–Crippen MR) is 630 cm³/mol. The van der Waals surface area contributed by atoms with Crippen molar-refractivity contribution < 1.29 is 8.83 Å². The monoisotopic (exact) mass is 1910 g/mol. The van der Waals surface area contributed by atoms with Crippen LogP contribution in [0.4, 0.5) is 51.2 Å². The smallest absolute Gasteiger partial charge is 0.137 e. The Bertz CT molecular complexity index is 9370. The maximum absolute atomic E-state index is 6.37. The van der Waals surface area contributed by atoms with Crippen LogP contribution in [0.1, 0.15) is 0 Å². The Morgan fingerprint density at radius 3 is 0.736 bits per heavy atom. The van der Waals surface area contributed by atoms with E-state index in [1.54, 1.807) is 0 Å². The van der Waals surface area contributed by atoms with E-state index in [-0.39, 0.29) is 0 Å². The second kappa shape index (κ2) is 39.2. The number of hydrogen-bond donors (Lipinski definition) is 0. The first kappa shape index (κ1) is 88.9. The van der Waals surface area contributed by atoms with Gasteiger partial charge in [-0.3, -0.25) is 0 Å². The van der Waals surface area contributed by atoms with Gasteiger partial charge in [-0.1, -0.05) is 437 Å². The van der Waals surface area contributed by atoms with Crippen molar-refractivity contribution in [1.29, 1.82) is 0 Å². The molecule has 0 aliphatic heterocycles. The minimum atomic E-state index is 0.872. The Hall–Kier alpha value is -19.2. The first-order chi connectivity index (χ1) is 73.4. The number of para-hydroxylation sites is 2. The molecule has 28 rings (SSSR count). The van der Waals surface area contributed by atoms with Crippen LogP contribution in [0.5, 0.6) is 0 Å². The van der Waals surface area contributed by atoms with Crippen molar-refractivity contribution in [1.82, 2.24) is 0 Å². The molecule has 0 saturated carbocycles. The normalized spacial score (nSPS) is 11.4. The maximum atomic E-state index is 6.37. The van der Waals surface area contributed by atoms with Crippen LogP contribution < -0.4 is 14.7 Å². The molecule has 0 aliphatic carbocycles. The molecule has 28 aromatic rings. The average molecular weight is 1910 g/mol. The van der Waals surface area contributed by atoms with Gasteiger partial charge in [0.25, 0.3) is 0 Å². The first-order valence-electron chi connectivity index (χ1n) is 50.5. The highest BCUT2D eigenvalue weighted by Gasteiger charge is 2.25. The molecule has 0 radical (unpaired) electrons. The summed E-state index contributed by atoms with van der Waals surface area (Å²) in [6.07, 6.45) is 0. The fourth-order valence-electron chi connectivity index (χ4n) is 21.7. The third-order valence-corrected chi connectivity index (χ3v) is 30.0. The zero-order chi connectivity index (χ0) is 98.2. The zero-order valence-corrected chi connectivity index (χ0v) is 81.7. The van der Waals surface area contributed by atoms with Crippen LogP contribution in [0, 0.1) is 0 Å². The van der Waals surface area contributed by atoms with Crippen molar-refractivity contribution in [2.45, 2.75) is 0 Å². The molecule has 0 fully saturated rings. The summed E-state index contributed by atoms with van der Waals surface area (Å²) in [6.45, 7) is 0. The van der Waals surface area contributed by atoms with Gasteiger partial charge in [0, 0.05) is 105 Å². The van der Waals surface area contributed by atoms with E-state index in [9.17, 15) is 0 Å². The zero-order valence-electron chi connectivity index (χ0n) is 80.9. The third-order valence-electron chi connectivity index (χ3n) is 28.8. The molecule has 0 spiro atoms. The van der Waals surface area contributed by atoms with Gasteiger partial charge in [0.15, 0.2) is 0 Å². The molecule has 696 valence electrons. The van der Waals surface area contributed by atoms with Crippen LogP contribution in [0.15, 0.2) is 585 Å². The molecule has 5 nitrogen and oxygen atoms in total. The Labute approximate surface area is 863 Å². The minimum absolute atomic E-state index is 0.872. The van der Waals surface area contributed by atoms with Crippen LogP contribution in [0.3, 0.4) is 0 Å². The van der Waals surface area contributed by atoms with Crippen molar-refractivity contribution in [3.8, 4) is 100 Å². The minimum Gasteiger partial charge on any atom is -0.456 e. The van der Waals surface area contributed by atoms with Gasteiger partial charge in [-0.2, -0.15) is 0 Å². The summed E-state index contributed by atoms with van der Waals surface area (Å²) in [6, 6.07) is 207. The van der Waals surface area contributed by atoms with Gasteiger partial charge < -0.3 is 23.5 Å². The summed E-state index contributed by atoms with van der Waals surface area (Å²) in [7, 11) is 0. The van der Waals surface area contributed by atoms with Gasteiger partial charge in [0.2, 0.25) is 0 Å². The molecule has 0 unspecified atom stereocenters. The van der Waals surface area contributed by atoms with Crippen LogP contribution in [-0.2, 0) is 0 Å². The molecule has 0 amide bonds. The second-order valence-corrected chi connectivity index (χ2v) is 38.7. The predicted octanol–water partition coefficient (Wildman–Crippen LogP) is 41.3. The van der Waals surface area contributed by atoms with E-state index in [2.05, 4.69) is 567 Å². The number of fused-ring (bicyclic) bond motifs is 13. The van der Waals surface area contributed by atoms with E-state index in [1.165, 1.54) is 163 Å². The van der Waals surface area contributed by atoms with E-state index >= 15 is 0 Å². The lowest BCUT2D eigenvalue weighted by molar-refractivity contribution is 0.668. The fraction of sp³-hybridized carbons (Fsp3) is 0. The SMILES string of the molecule is c1ccc(-c2c(-c3ccc(N(c4ccc(-c5cccc6ccccc56)cc4)c4ccc5c(c4)oc4ccccc45)cc3)ccc3ccccc23)cc1.c1ccc(-c2ccc(N(c3ccc(-c4ccc5ccccc5c4-c4ccccc4)cc3)c3ccc4c(c3)oc3ccccc34)cc2)cc1.c1ccc(-c2ccc(N(c3ccc(-c4ccc5ccccc5c4-c4ccccc4)cc3)c3ccc4c(c3)sc3ccccc34)cc2)cc1. The number of hydrogen-bond acceptors (Lipinski definition) is 6. The molecular weight excluding hydrogens is 1810 g/mol. The lowest BCUT2D eigenvalue weighted by atomic mass is 9.90. The number of benzene rings is 25. The topological polar surface area (TPSA) is 36.0 Å². The van der Waals surface area contributed by atoms with Gasteiger partial charge in [0.05, 0.1) is 0 Å². The molecule has 0 aliphatic rings. The molecule has 0 bridgehead atoms. The number of thiophene rings is 1. The molecule has 3 heterocycles. The number of nitrogens with zero attached hydrogens (tertiary/aromatic N) is 3. The lowest BCUT2D eigenvalue weighted by Crippen LogP contribution is -2.09. The number of anilines is 9. The first-order valence-corrected chi connectivity index (χ1v) is 51.3. The van der Waals surface area contributed by atoms with Gasteiger partial charge >= 0.3 is 0 Å². The Morgan fingerprint density at radius 2 is 0.372 bits per heavy atom. The van der Waals surface area contributed by atoms with Gasteiger partial charge in [-0.05, 0) is 271 Å². The molecule has 3 aromatic heterocycles. The van der Waals surface area contributed by atoms with Crippen molar-refractivity contribution in [2.24, 2.45) is 0 Å². The molecule has 148 heavy (non-hydrogen) atoms. The van der Waals surface area contributed by atoms with Crippen molar-refractivity contribution in [3.05, 3.63) is 576 Å². The van der Waals surface area contributed by atoms with Gasteiger partial charge in [-0.25, -0.2) is 0 Å². The Balaban J connectivity index is 0.000000112. The molecular formula is C142H95N3O2S. The number of rotatable bonds is 18. The lowest BCUT2D eigenvalue weighted by Gasteiger charge is -2.26. The highest BCUT2D eigenvalue weighted by Crippen LogP contribution is 2.50. The highest BCUT2D eigenvalue weighted by molar-refractivity contribution is 7.25. The Kier molecular flexibility index (Phi) is 23.6. The number of furan rings is 2. The quantitative estimate of drug-likeness (QED) is 0.0856. The van der Waals surface area contributed by atoms with Crippen molar-refractivity contribution in [3.63, 3.8) is 0 Å². The molecule has 25 aromatic carbocycles. The third kappa shape index (κ3) is 17.2. The molecule has 0 saturated heterocycles. The van der Waals surface area contributed by atoms with E-state index in [0.717, 1.165) is 95.1 Å². The summed E-state index contributed by atoms with van der Waals surface area (Å²) in [5.41, 5.74) is 35.2. The highest BCUT2D eigenvalue weighted by atomic mass is 32.1. The standard InChI is InChI=1S/C50H33NO.C46H31NO.C46H31NS/c1-2-13-38(14-3-1)50-44-17-7-5-12-35(44)25-31-45(50)37-23-28-40(29-24-37)51(41-30-32-47-46-18-8-9-20-48(46)52-49(47)33-41)39-26-21-36(22-27-39)43-19-10-15-34-11-4-6-16-42(34)43;2*1-3-11-32(12-4-1)33-19-24-37(25-20-33)47(39-28-30-43-42-17-9-10-18-44(42)48-45(43)31-39)38-26-21-35(22-27-38)41-29-23-34-13-7-8-16-40(34)46(41)36-14-5-2-6-15-36/h1-33H;2*1-31H. The van der Waals surface area contributed by atoms with Crippen molar-refractivity contribution >= 4 is 170 Å². The van der Waals surface area contributed by atoms with Gasteiger partial charge in [0.1, 0.15) is 22.3 Å². The summed E-state index contributed by atoms with van der Waals surface area (Å²) in [5.74, 6) is 0. The summed E-state index contributed by atoms with van der Waals surface area (Å²) < 4.78 is 15.3. The maximum Gasteiger partial charge on any atom is 0.137 e. The van der Waals surface area contributed by atoms with Gasteiger partial charge in [-0.15, -0.1) is 11.3 Å². The van der Waals surface area contributed by atoms with Crippen LogP contribution in [-0.4, -0.2) is 0 Å². The van der Waals surface area contributed by atoms with Crippen LogP contribution in [0.2, 0.25) is 0 Å². The van der Waals surface area contributed by atoms with E-state index < -0.39 is 0 Å². The summed E-state index contributed by atoms with van der Waals surface area (Å²) in [5, 5.41) is 17.1. The summed E-state index contributed by atoms with van der Waals surface area (Å²) >= 11 is 1.86. The summed E-state index contributed by atoms with van der Waals surface area (Å²) in [4.78, 5) is 7.01. The van der Waals surface area contributed by atoms with E-state index in [4.69, 9.17) is 8.83 Å². The fourth-order valence-corrected chi connectivity index (χ4v) is 22.8. The van der Waals surface area contributed by atoms with Crippen LogP contribution in [0.25, 0.3) is 207 Å². The van der Waals surface area contributed by atoms with E-state index in [0.29, 0.717) is 0 Å². The molecule has 0 atom stereocenters. The Morgan fingerprint density at radius 1 is 0.128 bits per heavy atom. The average Bonchev–Trinajstić information content (AvgIpc) is 1.76. The van der Waals surface area contributed by atoms with Crippen LogP contribution >= 0.6 is 11.3 Å². The molecule has 0 N–H and O–H groups in total.